The van der Waals surface area contributed by atoms with Crippen molar-refractivity contribution in [3.8, 4) is 0 Å². The number of para-hydroxylation sites is 1. The van der Waals surface area contributed by atoms with E-state index in [4.69, 9.17) is 0 Å². The van der Waals surface area contributed by atoms with E-state index < -0.39 is 10.0 Å². The average Bonchev–Trinajstić information content (AvgIpc) is 3.37. The maximum Gasteiger partial charge on any atom is 0.284 e. The molecule has 0 unspecified atom stereocenters. The van der Waals surface area contributed by atoms with Crippen LogP contribution in [0.2, 0.25) is 0 Å². The van der Waals surface area contributed by atoms with Crippen molar-refractivity contribution in [2.24, 2.45) is 0 Å². The first-order chi connectivity index (χ1) is 13.0. The van der Waals surface area contributed by atoms with Crippen LogP contribution in [0.15, 0.2) is 46.0 Å². The number of nitrogens with one attached hydrogen (secondary N) is 1. The molecule has 1 aromatic heterocycles. The van der Waals surface area contributed by atoms with Gasteiger partial charge in [-0.3, -0.25) is 4.79 Å². The minimum Gasteiger partial charge on any atom is -0.323 e. The molecule has 0 saturated carbocycles. The highest BCUT2D eigenvalue weighted by molar-refractivity contribution is 7.91. The van der Waals surface area contributed by atoms with Crippen molar-refractivity contribution in [3.05, 3.63) is 47.3 Å². The van der Waals surface area contributed by atoms with E-state index in [1.807, 2.05) is 30.0 Å². The third-order valence-corrected chi connectivity index (χ3v) is 8.86. The number of benzene rings is 1. The normalized spacial score (nSPS) is 19.8. The highest BCUT2D eigenvalue weighted by Crippen LogP contribution is 2.27. The third-order valence-electron chi connectivity index (χ3n) is 5.59. The second kappa shape index (κ2) is 7.35. The zero-order valence-electron chi connectivity index (χ0n) is 15.3. The maximum absolute atomic E-state index is 13.0. The van der Waals surface area contributed by atoms with E-state index in [-0.39, 0.29) is 11.9 Å². The summed E-state index contributed by atoms with van der Waals surface area (Å²) in [6.45, 7) is 4.88. The van der Waals surface area contributed by atoms with Crippen molar-refractivity contribution in [1.82, 2.24) is 4.31 Å². The Morgan fingerprint density at radius 2 is 1.85 bits per heavy atom. The van der Waals surface area contributed by atoms with Gasteiger partial charge in [0.25, 0.3) is 15.9 Å². The van der Waals surface area contributed by atoms with Crippen molar-refractivity contribution in [2.75, 3.05) is 37.6 Å². The first-order valence-corrected chi connectivity index (χ1v) is 11.6. The van der Waals surface area contributed by atoms with Crippen molar-refractivity contribution in [3.63, 3.8) is 0 Å². The summed E-state index contributed by atoms with van der Waals surface area (Å²) in [6, 6.07) is 11.3. The number of rotatable bonds is 4. The predicted molar refractivity (Wildman–Crippen MR) is 106 cm³/mol. The zero-order valence-corrected chi connectivity index (χ0v) is 16.9. The summed E-state index contributed by atoms with van der Waals surface area (Å²) in [6.07, 6.45) is 0.900. The minimum absolute atomic E-state index is 0.129. The summed E-state index contributed by atoms with van der Waals surface area (Å²) in [5.41, 5.74) is 2.24. The van der Waals surface area contributed by atoms with E-state index in [0.717, 1.165) is 23.6 Å². The molecule has 2 aliphatic rings. The molecule has 0 bridgehead atoms. The smallest absolute Gasteiger partial charge is 0.284 e. The van der Waals surface area contributed by atoms with E-state index in [0.29, 0.717) is 30.4 Å². The molecule has 1 N–H and O–H groups in total. The van der Waals surface area contributed by atoms with E-state index in [2.05, 4.69) is 6.07 Å². The zero-order chi connectivity index (χ0) is 19.0. The fourth-order valence-electron chi connectivity index (χ4n) is 3.96. The van der Waals surface area contributed by atoms with Gasteiger partial charge in [0.15, 0.2) is 6.04 Å². The van der Waals surface area contributed by atoms with Gasteiger partial charge in [0.1, 0.15) is 4.21 Å². The van der Waals surface area contributed by atoms with Crippen LogP contribution in [0, 0.1) is 0 Å². The van der Waals surface area contributed by atoms with Gasteiger partial charge in [-0.1, -0.05) is 24.3 Å². The molecule has 3 heterocycles. The summed E-state index contributed by atoms with van der Waals surface area (Å²) in [7, 11) is -3.40. The van der Waals surface area contributed by atoms with Gasteiger partial charge in [-0.2, -0.15) is 4.31 Å². The topological polar surface area (TPSA) is 62.1 Å². The lowest BCUT2D eigenvalue weighted by molar-refractivity contribution is -0.917. The highest BCUT2D eigenvalue weighted by Gasteiger charge is 2.37. The number of piperazine rings is 1. The first kappa shape index (κ1) is 18.6. The van der Waals surface area contributed by atoms with Gasteiger partial charge < -0.3 is 9.80 Å². The second-order valence-electron chi connectivity index (χ2n) is 7.08. The van der Waals surface area contributed by atoms with Gasteiger partial charge in [-0.25, -0.2) is 8.42 Å². The van der Waals surface area contributed by atoms with Crippen LogP contribution < -0.4 is 9.80 Å². The molecule has 27 heavy (non-hydrogen) atoms. The molecule has 0 aliphatic carbocycles. The number of hydrogen-bond donors (Lipinski definition) is 1. The van der Waals surface area contributed by atoms with Crippen LogP contribution in [0.4, 0.5) is 5.69 Å². The molecule has 2 aliphatic heterocycles. The van der Waals surface area contributed by atoms with Crippen LogP contribution in [0.3, 0.4) is 0 Å². The van der Waals surface area contributed by atoms with E-state index in [9.17, 15) is 13.2 Å². The Kier molecular flexibility index (Phi) is 5.07. The highest BCUT2D eigenvalue weighted by atomic mass is 32.2. The fraction of sp³-hybridized carbons (Fsp3) is 0.421. The molecule has 1 atom stereocenters. The average molecular weight is 407 g/mol. The number of quaternary nitrogens is 1. The second-order valence-corrected chi connectivity index (χ2v) is 10.2. The van der Waals surface area contributed by atoms with E-state index in [1.165, 1.54) is 16.9 Å². The van der Waals surface area contributed by atoms with Gasteiger partial charge in [-0.15, -0.1) is 11.3 Å². The fourth-order valence-corrected chi connectivity index (χ4v) is 6.55. The van der Waals surface area contributed by atoms with Crippen LogP contribution in [0.5, 0.6) is 0 Å². The molecule has 6 nitrogen and oxygen atoms in total. The van der Waals surface area contributed by atoms with Gasteiger partial charge in [0, 0.05) is 12.2 Å². The molecule has 1 saturated heterocycles. The van der Waals surface area contributed by atoms with Crippen LogP contribution in [0.25, 0.3) is 0 Å². The van der Waals surface area contributed by atoms with Gasteiger partial charge >= 0.3 is 0 Å². The van der Waals surface area contributed by atoms with Gasteiger partial charge in [0.2, 0.25) is 0 Å². The molecule has 1 fully saturated rings. The quantitative estimate of drug-likeness (QED) is 0.810. The number of fused-ring (bicyclic) bond motifs is 1. The summed E-state index contributed by atoms with van der Waals surface area (Å²) >= 11 is 1.25. The number of thiophene rings is 1. The van der Waals surface area contributed by atoms with Gasteiger partial charge in [0.05, 0.1) is 26.2 Å². The number of anilines is 1. The summed E-state index contributed by atoms with van der Waals surface area (Å²) in [5, 5.41) is 1.78. The predicted octanol–water partition coefficient (Wildman–Crippen LogP) is 0.615. The number of carbonyl (C=O) groups is 1. The minimum atomic E-state index is -3.40. The van der Waals surface area contributed by atoms with Crippen molar-refractivity contribution in [1.29, 1.82) is 0 Å². The van der Waals surface area contributed by atoms with Crippen LogP contribution in [0.1, 0.15) is 12.5 Å². The number of nitrogens with zero attached hydrogens (tertiary/aromatic N) is 2. The standard InChI is InChI=1S/C19H23N3O3S2/c1-15(19(23)22-9-8-16-5-2-3-6-17(16)22)20-10-12-21(13-11-20)27(24,25)18-7-4-14-26-18/h2-7,14-15H,8-13H2,1H3/p+1/t15-/m0/s1. The Hall–Kier alpha value is -1.74. The molecule has 1 amide bonds. The lowest BCUT2D eigenvalue weighted by Crippen LogP contribution is -3.19. The Balaban J connectivity index is 1.41. The molecule has 0 spiro atoms. The molecule has 0 radical (unpaired) electrons. The van der Waals surface area contributed by atoms with E-state index in [1.54, 1.807) is 21.8 Å². The number of amides is 1. The van der Waals surface area contributed by atoms with Crippen LogP contribution in [-0.4, -0.2) is 57.4 Å². The lowest BCUT2D eigenvalue weighted by Gasteiger charge is -2.35. The summed E-state index contributed by atoms with van der Waals surface area (Å²) in [5.74, 6) is 0.129. The molecule has 144 valence electrons. The molecule has 1 aromatic carbocycles. The summed E-state index contributed by atoms with van der Waals surface area (Å²) in [4.78, 5) is 16.1. The number of sulfonamides is 1. The summed E-state index contributed by atoms with van der Waals surface area (Å²) < 4.78 is 27.3. The lowest BCUT2D eigenvalue weighted by atomic mass is 10.1. The Labute approximate surface area is 164 Å². The first-order valence-electron chi connectivity index (χ1n) is 9.26. The Bertz CT molecular complexity index is 919. The van der Waals surface area contributed by atoms with Gasteiger partial charge in [-0.05, 0) is 36.4 Å². The van der Waals surface area contributed by atoms with Crippen molar-refractivity contribution in [2.45, 2.75) is 23.6 Å². The van der Waals surface area contributed by atoms with E-state index >= 15 is 0 Å². The molecular formula is C19H24N3O3S2+. The largest absolute Gasteiger partial charge is 0.323 e. The van der Waals surface area contributed by atoms with Crippen molar-refractivity contribution < 1.29 is 18.1 Å². The molecular weight excluding hydrogens is 382 g/mol. The number of carbonyl (C=O) groups excluding carboxylic acids is 1. The molecule has 2 aromatic rings. The SMILES string of the molecule is C[C@@H](C(=O)N1CCc2ccccc21)[NH+]1CCN(S(=O)(=O)c2cccs2)CC1. The molecule has 4 rings (SSSR count). The monoisotopic (exact) mass is 406 g/mol. The Morgan fingerprint density at radius 1 is 1.11 bits per heavy atom. The third kappa shape index (κ3) is 3.42. The number of hydrogen-bond acceptors (Lipinski definition) is 4. The Morgan fingerprint density at radius 3 is 2.56 bits per heavy atom. The maximum atomic E-state index is 13.0. The molecule has 8 heteroatoms. The van der Waals surface area contributed by atoms with Crippen LogP contribution >= 0.6 is 11.3 Å². The van der Waals surface area contributed by atoms with Crippen LogP contribution in [-0.2, 0) is 21.2 Å². The van der Waals surface area contributed by atoms with Crippen molar-refractivity contribution >= 4 is 33.0 Å².